The van der Waals surface area contributed by atoms with Crippen LogP contribution >= 0.6 is 11.6 Å². The standard InChI is InChI=1S/C39H42ClN3O5.C2H6/c1-25(2)28-12-15-35-32(22-28)34(44)23-36(48-35)38(46)41-33(21-26-10-13-30(40)14-11-26)39(47)42-19-16-27(17-20-42)31-8-4-3-7-29(31)24-43-18-6-5-9-37(43)45;1-2/h3-4,7-8,10-15,22-23,25,27,33H,5-6,9,16-21,24H2,1-2H3,(H,41,46);1-2H3. The fourth-order valence-electron chi connectivity index (χ4n) is 6.87. The molecule has 0 radical (unpaired) electrons. The molecule has 2 aliphatic rings. The Balaban J connectivity index is 0.00000239. The summed E-state index contributed by atoms with van der Waals surface area (Å²) in [6.45, 7) is 10.6. The van der Waals surface area contributed by atoms with Gasteiger partial charge in [0.15, 0.2) is 11.2 Å². The molecule has 0 bridgehead atoms. The van der Waals surface area contributed by atoms with Crippen molar-refractivity contribution >= 4 is 40.3 Å². The number of hydrogen-bond donors (Lipinski definition) is 1. The lowest BCUT2D eigenvalue weighted by Crippen LogP contribution is -2.51. The molecule has 0 aliphatic carbocycles. The average molecular weight is 698 g/mol. The molecule has 8 nitrogen and oxygen atoms in total. The van der Waals surface area contributed by atoms with E-state index in [0.29, 0.717) is 42.0 Å². The van der Waals surface area contributed by atoms with Crippen LogP contribution in [-0.2, 0) is 22.6 Å². The zero-order valence-electron chi connectivity index (χ0n) is 29.5. The summed E-state index contributed by atoms with van der Waals surface area (Å²) in [5, 5.41) is 3.88. The molecule has 50 heavy (non-hydrogen) atoms. The molecule has 3 heterocycles. The second-order valence-corrected chi connectivity index (χ2v) is 13.7. The number of piperidine rings is 2. The first-order valence-corrected chi connectivity index (χ1v) is 18.3. The Labute approximate surface area is 299 Å². The van der Waals surface area contributed by atoms with Crippen molar-refractivity contribution in [2.45, 2.75) is 90.6 Å². The van der Waals surface area contributed by atoms with Gasteiger partial charge in [0.2, 0.25) is 11.8 Å². The minimum Gasteiger partial charge on any atom is -0.451 e. The van der Waals surface area contributed by atoms with Crippen LogP contribution in [0.4, 0.5) is 0 Å². The maximum absolute atomic E-state index is 14.1. The summed E-state index contributed by atoms with van der Waals surface area (Å²) in [5.74, 6) is -0.229. The molecule has 3 aromatic carbocycles. The second kappa shape index (κ2) is 17.0. The number of benzene rings is 3. The molecule has 1 N–H and O–H groups in total. The monoisotopic (exact) mass is 697 g/mol. The van der Waals surface area contributed by atoms with Crippen molar-refractivity contribution in [3.05, 3.63) is 116 Å². The van der Waals surface area contributed by atoms with Crippen molar-refractivity contribution in [1.82, 2.24) is 15.1 Å². The van der Waals surface area contributed by atoms with Crippen LogP contribution in [0.1, 0.15) is 104 Å². The van der Waals surface area contributed by atoms with Crippen molar-refractivity contribution in [1.29, 1.82) is 0 Å². The van der Waals surface area contributed by atoms with E-state index in [1.54, 1.807) is 24.3 Å². The molecular weight excluding hydrogens is 650 g/mol. The number of amides is 3. The number of nitrogens with zero attached hydrogens (tertiary/aromatic N) is 2. The third kappa shape index (κ3) is 8.83. The molecule has 1 atom stereocenters. The Morgan fingerprint density at radius 2 is 1.64 bits per heavy atom. The Hall–Kier alpha value is -4.43. The maximum atomic E-state index is 14.1. The minimum absolute atomic E-state index is 0.138. The average Bonchev–Trinajstić information content (AvgIpc) is 3.13. The van der Waals surface area contributed by atoms with Gasteiger partial charge in [-0.1, -0.05) is 81.8 Å². The van der Waals surface area contributed by atoms with E-state index in [1.165, 1.54) is 17.2 Å². The lowest BCUT2D eigenvalue weighted by Gasteiger charge is -2.36. The highest BCUT2D eigenvalue weighted by atomic mass is 35.5. The normalized spacial score (nSPS) is 15.8. The van der Waals surface area contributed by atoms with E-state index in [9.17, 15) is 19.2 Å². The minimum atomic E-state index is -0.878. The summed E-state index contributed by atoms with van der Waals surface area (Å²) in [5.41, 5.74) is 4.27. The molecule has 9 heteroatoms. The Morgan fingerprint density at radius 1 is 0.920 bits per heavy atom. The van der Waals surface area contributed by atoms with E-state index in [1.807, 2.05) is 67.8 Å². The number of nitrogens with one attached hydrogen (secondary N) is 1. The number of hydrogen-bond acceptors (Lipinski definition) is 5. The van der Waals surface area contributed by atoms with Gasteiger partial charge >= 0.3 is 0 Å². The molecule has 0 saturated carbocycles. The zero-order chi connectivity index (χ0) is 35.8. The Morgan fingerprint density at radius 3 is 2.34 bits per heavy atom. The lowest BCUT2D eigenvalue weighted by atomic mass is 9.86. The molecule has 2 fully saturated rings. The number of likely N-dealkylation sites (tertiary alicyclic amines) is 2. The molecule has 4 aromatic rings. The molecule has 2 aliphatic heterocycles. The van der Waals surface area contributed by atoms with Crippen LogP contribution in [0.15, 0.2) is 82.0 Å². The smallest absolute Gasteiger partial charge is 0.287 e. The van der Waals surface area contributed by atoms with Crippen LogP contribution < -0.4 is 10.7 Å². The van der Waals surface area contributed by atoms with Crippen LogP contribution in [0.3, 0.4) is 0 Å². The second-order valence-electron chi connectivity index (χ2n) is 13.3. The van der Waals surface area contributed by atoms with Gasteiger partial charge in [-0.25, -0.2) is 0 Å². The molecule has 264 valence electrons. The summed E-state index contributed by atoms with van der Waals surface area (Å²) in [4.78, 5) is 56.9. The van der Waals surface area contributed by atoms with Crippen molar-refractivity contribution in [2.75, 3.05) is 19.6 Å². The van der Waals surface area contributed by atoms with E-state index in [4.69, 9.17) is 16.0 Å². The van der Waals surface area contributed by atoms with Crippen LogP contribution in [0.25, 0.3) is 11.0 Å². The lowest BCUT2D eigenvalue weighted by molar-refractivity contribution is -0.135. The first-order chi connectivity index (χ1) is 24.2. The van der Waals surface area contributed by atoms with Gasteiger partial charge in [0, 0.05) is 50.1 Å². The van der Waals surface area contributed by atoms with E-state index in [-0.39, 0.29) is 41.3 Å². The van der Waals surface area contributed by atoms with Gasteiger partial charge in [0.05, 0.1) is 5.39 Å². The predicted octanol–water partition coefficient (Wildman–Crippen LogP) is 7.86. The van der Waals surface area contributed by atoms with Gasteiger partial charge in [-0.15, -0.1) is 0 Å². The number of fused-ring (bicyclic) bond motifs is 1. The first-order valence-electron chi connectivity index (χ1n) is 17.9. The van der Waals surface area contributed by atoms with Gasteiger partial charge in [-0.2, -0.15) is 0 Å². The van der Waals surface area contributed by atoms with Gasteiger partial charge in [0.25, 0.3) is 5.91 Å². The summed E-state index contributed by atoms with van der Waals surface area (Å²) < 4.78 is 5.89. The number of carbonyl (C=O) groups excluding carboxylic acids is 3. The Bertz CT molecular complexity index is 1860. The zero-order valence-corrected chi connectivity index (χ0v) is 30.3. The van der Waals surface area contributed by atoms with Crippen LogP contribution in [0.2, 0.25) is 5.02 Å². The van der Waals surface area contributed by atoms with E-state index in [2.05, 4.69) is 17.4 Å². The number of carbonyl (C=O) groups is 3. The molecule has 2 saturated heterocycles. The fraction of sp³-hybridized carbons (Fsp3) is 0.415. The van der Waals surface area contributed by atoms with Crippen LogP contribution in [0, 0.1) is 0 Å². The summed E-state index contributed by atoms with van der Waals surface area (Å²) in [6, 6.07) is 21.3. The van der Waals surface area contributed by atoms with E-state index < -0.39 is 11.9 Å². The highest BCUT2D eigenvalue weighted by molar-refractivity contribution is 6.30. The molecule has 1 aromatic heterocycles. The fourth-order valence-corrected chi connectivity index (χ4v) is 7.00. The van der Waals surface area contributed by atoms with Gasteiger partial charge in [-0.3, -0.25) is 19.2 Å². The number of halogens is 1. The Kier molecular flexibility index (Phi) is 12.5. The van der Waals surface area contributed by atoms with E-state index in [0.717, 1.165) is 43.4 Å². The highest BCUT2D eigenvalue weighted by Crippen LogP contribution is 2.32. The summed E-state index contributed by atoms with van der Waals surface area (Å²) in [7, 11) is 0. The van der Waals surface area contributed by atoms with E-state index >= 15 is 0 Å². The highest BCUT2D eigenvalue weighted by Gasteiger charge is 2.32. The molecule has 0 spiro atoms. The van der Waals surface area contributed by atoms with Gasteiger partial charge < -0.3 is 19.5 Å². The molecule has 1 unspecified atom stereocenters. The predicted molar refractivity (Wildman–Crippen MR) is 199 cm³/mol. The van der Waals surface area contributed by atoms with Crippen molar-refractivity contribution < 1.29 is 18.8 Å². The summed E-state index contributed by atoms with van der Waals surface area (Å²) >= 11 is 6.12. The van der Waals surface area contributed by atoms with Crippen molar-refractivity contribution in [3.8, 4) is 0 Å². The molecule has 3 amide bonds. The number of rotatable bonds is 9. The molecule has 6 rings (SSSR count). The summed E-state index contributed by atoms with van der Waals surface area (Å²) in [6.07, 6.45) is 4.41. The maximum Gasteiger partial charge on any atom is 0.287 e. The third-order valence-electron chi connectivity index (χ3n) is 9.68. The SMILES string of the molecule is CC.CC(C)c1ccc2oc(C(=O)NC(Cc3ccc(Cl)cc3)C(=O)N3CCC(c4ccccc4CN4CCCCC4=O)CC3)cc(=O)c2c1. The first kappa shape index (κ1) is 36.8. The van der Waals surface area contributed by atoms with Gasteiger partial charge in [0.1, 0.15) is 11.6 Å². The molecular formula is C41H48ClN3O5. The van der Waals surface area contributed by atoms with Gasteiger partial charge in [-0.05, 0) is 84.0 Å². The largest absolute Gasteiger partial charge is 0.451 e. The quantitative estimate of drug-likeness (QED) is 0.192. The van der Waals surface area contributed by atoms with Crippen LogP contribution in [0.5, 0.6) is 0 Å². The third-order valence-corrected chi connectivity index (χ3v) is 9.93. The van der Waals surface area contributed by atoms with Crippen LogP contribution in [-0.4, -0.2) is 53.2 Å². The van der Waals surface area contributed by atoms with Crippen molar-refractivity contribution in [3.63, 3.8) is 0 Å². The topological polar surface area (TPSA) is 99.9 Å². The van der Waals surface area contributed by atoms with Crippen molar-refractivity contribution in [2.24, 2.45) is 0 Å².